The Bertz CT molecular complexity index is 445. The maximum absolute atomic E-state index is 12.4. The van der Waals surface area contributed by atoms with Crippen molar-refractivity contribution in [2.24, 2.45) is 5.73 Å². The quantitative estimate of drug-likeness (QED) is 0.862. The zero-order valence-corrected chi connectivity index (χ0v) is 12.7. The average molecular weight is 297 g/mol. The lowest BCUT2D eigenvalue weighted by Gasteiger charge is -2.35. The van der Waals surface area contributed by atoms with Crippen molar-refractivity contribution in [1.82, 2.24) is 9.88 Å². The summed E-state index contributed by atoms with van der Waals surface area (Å²) in [7, 11) is 0. The molecule has 2 rings (SSSR count). The molecule has 0 aliphatic carbocycles. The summed E-state index contributed by atoms with van der Waals surface area (Å²) in [5, 5.41) is 11.9. The molecule has 2 heterocycles. The van der Waals surface area contributed by atoms with Crippen LogP contribution >= 0.6 is 11.3 Å². The van der Waals surface area contributed by atoms with Crippen LogP contribution in [0.25, 0.3) is 0 Å². The molecule has 112 valence electrons. The first kappa shape index (κ1) is 15.4. The summed E-state index contributed by atoms with van der Waals surface area (Å²) in [5.41, 5.74) is 6.59. The van der Waals surface area contributed by atoms with E-state index < -0.39 is 0 Å². The van der Waals surface area contributed by atoms with E-state index in [-0.39, 0.29) is 24.6 Å². The number of piperidine rings is 1. The van der Waals surface area contributed by atoms with Crippen molar-refractivity contribution in [1.29, 1.82) is 0 Å². The number of amides is 1. The molecule has 1 saturated heterocycles. The number of aliphatic hydroxyl groups excluding tert-OH is 1. The maximum Gasteiger partial charge on any atom is 0.228 e. The van der Waals surface area contributed by atoms with Crippen molar-refractivity contribution < 1.29 is 9.90 Å². The predicted molar refractivity (Wildman–Crippen MR) is 79.5 cm³/mol. The SMILES string of the molecule is CC(N)c1nc(CC(=O)N2CCCCC2CCO)cs1. The molecule has 6 heteroatoms. The van der Waals surface area contributed by atoms with Crippen LogP contribution in [0.4, 0.5) is 0 Å². The number of hydrogen-bond donors (Lipinski definition) is 2. The Hall–Kier alpha value is -0.980. The van der Waals surface area contributed by atoms with E-state index in [1.165, 1.54) is 11.3 Å². The zero-order chi connectivity index (χ0) is 14.5. The third-order valence-corrected chi connectivity index (χ3v) is 4.80. The minimum Gasteiger partial charge on any atom is -0.396 e. The fourth-order valence-corrected chi connectivity index (χ4v) is 3.42. The number of carbonyl (C=O) groups is 1. The summed E-state index contributed by atoms with van der Waals surface area (Å²) < 4.78 is 0. The van der Waals surface area contributed by atoms with Gasteiger partial charge in [0.1, 0.15) is 5.01 Å². The number of aromatic nitrogens is 1. The summed E-state index contributed by atoms with van der Waals surface area (Å²) in [6, 6.07) is 0.105. The molecule has 1 aromatic rings. The van der Waals surface area contributed by atoms with E-state index in [0.29, 0.717) is 12.8 Å². The number of aliphatic hydroxyl groups is 1. The van der Waals surface area contributed by atoms with Crippen LogP contribution in [0.15, 0.2) is 5.38 Å². The van der Waals surface area contributed by atoms with Gasteiger partial charge in [-0.3, -0.25) is 4.79 Å². The van der Waals surface area contributed by atoms with E-state index in [2.05, 4.69) is 4.98 Å². The van der Waals surface area contributed by atoms with E-state index in [1.807, 2.05) is 17.2 Å². The van der Waals surface area contributed by atoms with Crippen LogP contribution in [0.1, 0.15) is 49.4 Å². The second-order valence-corrected chi connectivity index (χ2v) is 6.28. The predicted octanol–water partition coefficient (Wildman–Crippen LogP) is 1.47. The Balaban J connectivity index is 1.98. The van der Waals surface area contributed by atoms with E-state index in [4.69, 9.17) is 10.8 Å². The number of nitrogens with zero attached hydrogens (tertiary/aromatic N) is 2. The van der Waals surface area contributed by atoms with Gasteiger partial charge in [-0.1, -0.05) is 0 Å². The highest BCUT2D eigenvalue weighted by molar-refractivity contribution is 7.09. The third-order valence-electron chi connectivity index (χ3n) is 3.70. The van der Waals surface area contributed by atoms with E-state index in [1.54, 1.807) is 0 Å². The summed E-state index contributed by atoms with van der Waals surface area (Å²) in [6.45, 7) is 2.83. The molecule has 20 heavy (non-hydrogen) atoms. The molecule has 1 fully saturated rings. The highest BCUT2D eigenvalue weighted by Crippen LogP contribution is 2.22. The van der Waals surface area contributed by atoms with Crippen molar-refractivity contribution in [3.8, 4) is 0 Å². The number of carbonyl (C=O) groups excluding carboxylic acids is 1. The number of likely N-dealkylation sites (tertiary alicyclic amines) is 1. The molecule has 2 atom stereocenters. The summed E-state index contributed by atoms with van der Waals surface area (Å²) in [5.74, 6) is 0.115. The molecule has 1 amide bonds. The van der Waals surface area contributed by atoms with Gasteiger partial charge in [0.25, 0.3) is 0 Å². The topological polar surface area (TPSA) is 79.5 Å². The van der Waals surface area contributed by atoms with Gasteiger partial charge in [-0.05, 0) is 32.6 Å². The Morgan fingerprint density at radius 1 is 1.65 bits per heavy atom. The summed E-state index contributed by atoms with van der Waals surface area (Å²) in [4.78, 5) is 18.7. The van der Waals surface area contributed by atoms with Gasteiger partial charge in [0.05, 0.1) is 18.2 Å². The van der Waals surface area contributed by atoms with Crippen molar-refractivity contribution >= 4 is 17.2 Å². The zero-order valence-electron chi connectivity index (χ0n) is 11.9. The second-order valence-electron chi connectivity index (χ2n) is 5.39. The first-order valence-electron chi connectivity index (χ1n) is 7.22. The molecule has 0 radical (unpaired) electrons. The number of thiazole rings is 1. The summed E-state index contributed by atoms with van der Waals surface area (Å²) in [6.07, 6.45) is 4.20. The normalized spacial score (nSPS) is 20.9. The van der Waals surface area contributed by atoms with E-state index in [9.17, 15) is 4.79 Å². The second kappa shape index (κ2) is 7.15. The smallest absolute Gasteiger partial charge is 0.228 e. The Morgan fingerprint density at radius 2 is 2.45 bits per heavy atom. The molecular formula is C14H23N3O2S. The molecule has 0 bridgehead atoms. The van der Waals surface area contributed by atoms with Crippen LogP contribution in [-0.2, 0) is 11.2 Å². The Morgan fingerprint density at radius 3 is 3.10 bits per heavy atom. The van der Waals surface area contributed by atoms with Crippen molar-refractivity contribution in [2.45, 2.75) is 51.1 Å². The molecule has 0 aromatic carbocycles. The lowest BCUT2D eigenvalue weighted by atomic mass is 9.99. The van der Waals surface area contributed by atoms with E-state index >= 15 is 0 Å². The fourth-order valence-electron chi connectivity index (χ4n) is 2.65. The van der Waals surface area contributed by atoms with Gasteiger partial charge >= 0.3 is 0 Å². The van der Waals surface area contributed by atoms with Crippen LogP contribution in [0.5, 0.6) is 0 Å². The molecule has 0 spiro atoms. The van der Waals surface area contributed by atoms with E-state index in [0.717, 1.165) is 36.5 Å². The van der Waals surface area contributed by atoms with Gasteiger partial charge in [0, 0.05) is 24.6 Å². The maximum atomic E-state index is 12.4. The minimum absolute atomic E-state index is 0.0824. The molecule has 1 aliphatic rings. The highest BCUT2D eigenvalue weighted by atomic mass is 32.1. The van der Waals surface area contributed by atoms with Crippen LogP contribution in [0.3, 0.4) is 0 Å². The Labute approximate surface area is 123 Å². The molecule has 0 saturated carbocycles. The number of rotatable bonds is 5. The van der Waals surface area contributed by atoms with Crippen LogP contribution in [0, 0.1) is 0 Å². The van der Waals surface area contributed by atoms with Crippen molar-refractivity contribution in [3.63, 3.8) is 0 Å². The van der Waals surface area contributed by atoms with Crippen LogP contribution < -0.4 is 5.73 Å². The van der Waals surface area contributed by atoms with Crippen molar-refractivity contribution in [3.05, 3.63) is 16.1 Å². The molecule has 5 nitrogen and oxygen atoms in total. The number of hydrogen-bond acceptors (Lipinski definition) is 5. The van der Waals surface area contributed by atoms with Gasteiger partial charge in [-0.2, -0.15) is 0 Å². The molecule has 2 unspecified atom stereocenters. The van der Waals surface area contributed by atoms with Gasteiger partial charge in [-0.25, -0.2) is 4.98 Å². The average Bonchev–Trinajstić information content (AvgIpc) is 2.88. The third kappa shape index (κ3) is 3.77. The standard InChI is InChI=1S/C14H23N3O2S/c1-10(15)14-16-11(9-20-14)8-13(19)17-6-3-2-4-12(17)5-7-18/h9-10,12,18H,2-8,15H2,1H3. The first-order valence-corrected chi connectivity index (χ1v) is 8.10. The van der Waals surface area contributed by atoms with Crippen LogP contribution in [0.2, 0.25) is 0 Å². The number of nitrogens with two attached hydrogens (primary N) is 1. The lowest BCUT2D eigenvalue weighted by Crippen LogP contribution is -2.44. The largest absolute Gasteiger partial charge is 0.396 e. The Kier molecular flexibility index (Phi) is 5.51. The molecule has 1 aromatic heterocycles. The van der Waals surface area contributed by atoms with Crippen molar-refractivity contribution in [2.75, 3.05) is 13.2 Å². The fraction of sp³-hybridized carbons (Fsp3) is 0.714. The van der Waals surface area contributed by atoms with Gasteiger partial charge in [-0.15, -0.1) is 11.3 Å². The monoisotopic (exact) mass is 297 g/mol. The highest BCUT2D eigenvalue weighted by Gasteiger charge is 2.26. The summed E-state index contributed by atoms with van der Waals surface area (Å²) >= 11 is 1.51. The van der Waals surface area contributed by atoms with Gasteiger partial charge < -0.3 is 15.7 Å². The molecule has 1 aliphatic heterocycles. The first-order chi connectivity index (χ1) is 9.61. The lowest BCUT2D eigenvalue weighted by molar-refractivity contribution is -0.134. The molecule has 3 N–H and O–H groups in total. The van der Waals surface area contributed by atoms with Gasteiger partial charge in [0.15, 0.2) is 0 Å². The van der Waals surface area contributed by atoms with Crippen LogP contribution in [-0.4, -0.2) is 40.1 Å². The minimum atomic E-state index is -0.0824. The van der Waals surface area contributed by atoms with Gasteiger partial charge in [0.2, 0.25) is 5.91 Å². The molecular weight excluding hydrogens is 274 g/mol.